The largest absolute Gasteiger partial charge is 0.388 e. The molecule has 0 saturated heterocycles. The van der Waals surface area contributed by atoms with Crippen molar-refractivity contribution in [1.82, 2.24) is 20.0 Å². The van der Waals surface area contributed by atoms with Crippen molar-refractivity contribution in [2.24, 2.45) is 0 Å². The monoisotopic (exact) mass is 210 g/mol. The lowest BCUT2D eigenvalue weighted by molar-refractivity contribution is 0.285. The lowest BCUT2D eigenvalue weighted by atomic mass is 9.94. The van der Waals surface area contributed by atoms with Crippen LogP contribution in [0.4, 0.5) is 0 Å². The molecule has 0 amide bonds. The number of hydrogen-bond donors (Lipinski definition) is 0. The molecule has 0 saturated carbocycles. The van der Waals surface area contributed by atoms with Gasteiger partial charge >= 0.3 is 5.69 Å². The van der Waals surface area contributed by atoms with Crippen molar-refractivity contribution in [3.05, 3.63) is 16.3 Å². The molecular formula is C10H18N4O. The second-order valence-electron chi connectivity index (χ2n) is 5.64. The maximum absolute atomic E-state index is 11.1. The summed E-state index contributed by atoms with van der Waals surface area (Å²) in [6.07, 6.45) is 0. The highest BCUT2D eigenvalue weighted by Crippen LogP contribution is 2.22. The van der Waals surface area contributed by atoms with E-state index in [0.717, 1.165) is 0 Å². The Morgan fingerprint density at radius 2 is 1.60 bits per heavy atom. The molecule has 0 aliphatic heterocycles. The summed E-state index contributed by atoms with van der Waals surface area (Å²) in [5.74, 6) is 0.662. The molecule has 0 atom stereocenters. The molecule has 0 unspecified atom stereocenters. The number of aromatic nitrogens is 4. The van der Waals surface area contributed by atoms with Gasteiger partial charge in [-0.25, -0.2) is 9.48 Å². The highest BCUT2D eigenvalue weighted by atomic mass is 16.1. The fourth-order valence-electron chi connectivity index (χ4n) is 1.22. The van der Waals surface area contributed by atoms with Crippen LogP contribution in [0, 0.1) is 0 Å². The fourth-order valence-corrected chi connectivity index (χ4v) is 1.22. The van der Waals surface area contributed by atoms with Gasteiger partial charge in [-0.1, -0.05) is 31.1 Å². The van der Waals surface area contributed by atoms with Crippen molar-refractivity contribution in [2.75, 3.05) is 0 Å². The molecule has 15 heavy (non-hydrogen) atoms. The Labute approximate surface area is 89.5 Å². The lowest BCUT2D eigenvalue weighted by Crippen LogP contribution is -2.38. The third-order valence-electron chi connectivity index (χ3n) is 1.93. The average molecular weight is 210 g/mol. The van der Waals surface area contributed by atoms with E-state index in [1.807, 2.05) is 41.5 Å². The number of nitrogens with zero attached hydrogens (tertiary/aromatic N) is 4. The normalized spacial score (nSPS) is 12.9. The minimum absolute atomic E-state index is 0.220. The molecule has 0 aliphatic rings. The lowest BCUT2D eigenvalue weighted by Gasteiger charge is -2.28. The molecule has 0 spiro atoms. The van der Waals surface area contributed by atoms with Gasteiger partial charge < -0.3 is 0 Å². The molecule has 0 N–H and O–H groups in total. The predicted octanol–water partition coefficient (Wildman–Crippen LogP) is 1.09. The Hall–Kier alpha value is -1.26. The molecule has 1 heterocycles. The zero-order valence-corrected chi connectivity index (χ0v) is 10.2. The molecule has 84 valence electrons. The molecule has 0 bridgehead atoms. The van der Waals surface area contributed by atoms with Crippen LogP contribution in [0.2, 0.25) is 0 Å². The summed E-state index contributed by atoms with van der Waals surface area (Å²) in [5, 5.41) is 7.37. The minimum Gasteiger partial charge on any atom is -0.242 e. The van der Waals surface area contributed by atoms with Crippen LogP contribution < -0.4 is 5.69 Å². The summed E-state index contributed by atoms with van der Waals surface area (Å²) in [6, 6.07) is 0. The van der Waals surface area contributed by atoms with Crippen LogP contribution in [-0.2, 0) is 11.0 Å². The van der Waals surface area contributed by atoms with Crippen molar-refractivity contribution in [2.45, 2.75) is 52.5 Å². The van der Waals surface area contributed by atoms with E-state index in [4.69, 9.17) is 0 Å². The first-order chi connectivity index (χ1) is 6.62. The molecule has 1 aromatic heterocycles. The predicted molar refractivity (Wildman–Crippen MR) is 57.8 cm³/mol. The van der Waals surface area contributed by atoms with Crippen molar-refractivity contribution in [1.29, 1.82) is 0 Å². The van der Waals surface area contributed by atoms with Crippen LogP contribution in [0.5, 0.6) is 0 Å². The van der Waals surface area contributed by atoms with Gasteiger partial charge in [0.05, 0.1) is 5.54 Å². The number of hydrogen-bond acceptors (Lipinski definition) is 4. The first kappa shape index (κ1) is 11.8. The van der Waals surface area contributed by atoms with Crippen LogP contribution in [0.15, 0.2) is 4.79 Å². The third-order valence-corrected chi connectivity index (χ3v) is 1.93. The molecule has 0 aromatic carbocycles. The molecule has 0 fully saturated rings. The minimum atomic E-state index is -0.527. The summed E-state index contributed by atoms with van der Waals surface area (Å²) in [6.45, 7) is 12.0. The van der Waals surface area contributed by atoms with Gasteiger partial charge in [-0.2, -0.15) is 4.98 Å². The van der Waals surface area contributed by atoms with E-state index in [0.29, 0.717) is 5.82 Å². The quantitative estimate of drug-likeness (QED) is 0.643. The Bertz CT molecular complexity index is 409. The summed E-state index contributed by atoms with van der Waals surface area (Å²) in [4.78, 5) is 15.1. The van der Waals surface area contributed by atoms with Crippen LogP contribution in [0.3, 0.4) is 0 Å². The van der Waals surface area contributed by atoms with Crippen molar-refractivity contribution in [3.63, 3.8) is 0 Å². The van der Waals surface area contributed by atoms with E-state index < -0.39 is 5.69 Å². The van der Waals surface area contributed by atoms with Crippen molar-refractivity contribution in [3.8, 4) is 0 Å². The van der Waals surface area contributed by atoms with E-state index in [1.165, 1.54) is 0 Å². The Morgan fingerprint density at radius 1 is 1.07 bits per heavy atom. The average Bonchev–Trinajstić information content (AvgIpc) is 2.00. The van der Waals surface area contributed by atoms with Crippen LogP contribution in [-0.4, -0.2) is 20.0 Å². The van der Waals surface area contributed by atoms with Gasteiger partial charge in [0.2, 0.25) is 0 Å². The smallest absolute Gasteiger partial charge is 0.242 e. The number of rotatable bonds is 0. The Balaban J connectivity index is 3.48. The molecule has 5 heteroatoms. The molecule has 1 aromatic rings. The summed E-state index contributed by atoms with van der Waals surface area (Å²) in [5.41, 5.74) is -0.973. The van der Waals surface area contributed by atoms with Gasteiger partial charge in [-0.05, 0) is 20.8 Å². The van der Waals surface area contributed by atoms with Gasteiger partial charge in [0.25, 0.3) is 0 Å². The second kappa shape index (κ2) is 3.40. The Morgan fingerprint density at radius 3 is 2.00 bits per heavy atom. The zero-order valence-electron chi connectivity index (χ0n) is 10.2. The van der Waals surface area contributed by atoms with Crippen LogP contribution in [0.25, 0.3) is 0 Å². The van der Waals surface area contributed by atoms with Gasteiger partial charge in [0.1, 0.15) is 5.82 Å². The van der Waals surface area contributed by atoms with Crippen molar-refractivity contribution < 1.29 is 0 Å². The van der Waals surface area contributed by atoms with E-state index in [9.17, 15) is 4.79 Å². The van der Waals surface area contributed by atoms with Gasteiger partial charge in [-0.15, -0.1) is 0 Å². The van der Waals surface area contributed by atoms with Gasteiger partial charge in [0, 0.05) is 5.41 Å². The van der Waals surface area contributed by atoms with Crippen molar-refractivity contribution >= 4 is 0 Å². The van der Waals surface area contributed by atoms with Crippen LogP contribution >= 0.6 is 0 Å². The summed E-state index contributed by atoms with van der Waals surface area (Å²) in [7, 11) is 0. The van der Waals surface area contributed by atoms with E-state index >= 15 is 0 Å². The van der Waals surface area contributed by atoms with Gasteiger partial charge in [0.15, 0.2) is 0 Å². The maximum Gasteiger partial charge on any atom is 0.388 e. The van der Waals surface area contributed by atoms with E-state index in [1.54, 1.807) is 4.68 Å². The molecular weight excluding hydrogens is 192 g/mol. The third kappa shape index (κ3) is 2.61. The van der Waals surface area contributed by atoms with E-state index in [2.05, 4.69) is 15.3 Å². The fraction of sp³-hybridized carbons (Fsp3) is 0.800. The van der Waals surface area contributed by atoms with E-state index in [-0.39, 0.29) is 11.0 Å². The highest BCUT2D eigenvalue weighted by Gasteiger charge is 2.26. The maximum atomic E-state index is 11.1. The molecule has 0 aliphatic carbocycles. The highest BCUT2D eigenvalue weighted by molar-refractivity contribution is 5.01. The molecule has 1 rings (SSSR count). The zero-order chi connectivity index (χ0) is 11.9. The standard InChI is InChI=1S/C10H18N4O/c1-9(2,3)7-11-8(15)12-13-14(7)10(4,5)6/h1-6H3. The van der Waals surface area contributed by atoms with Crippen LogP contribution in [0.1, 0.15) is 47.4 Å². The first-order valence-electron chi connectivity index (χ1n) is 4.97. The summed E-state index contributed by atoms with van der Waals surface area (Å²) < 4.78 is 1.70. The molecule has 5 nitrogen and oxygen atoms in total. The summed E-state index contributed by atoms with van der Waals surface area (Å²) >= 11 is 0. The van der Waals surface area contributed by atoms with Gasteiger partial charge in [-0.3, -0.25) is 0 Å². The first-order valence-corrected chi connectivity index (χ1v) is 4.97. The SMILES string of the molecule is CC(C)(C)c1nc(=O)nnn1C(C)(C)C. The topological polar surface area (TPSA) is 60.7 Å². The second-order valence-corrected chi connectivity index (χ2v) is 5.64. The Kier molecular flexibility index (Phi) is 2.67. The molecule has 0 radical (unpaired) electrons.